The van der Waals surface area contributed by atoms with Crippen molar-refractivity contribution in [2.75, 3.05) is 0 Å². The number of carboxylic acid groups (broad SMARTS) is 1. The predicted molar refractivity (Wildman–Crippen MR) is 36.1 cm³/mol. The first-order valence-electron chi connectivity index (χ1n) is 2.04. The summed E-state index contributed by atoms with van der Waals surface area (Å²) < 4.78 is 0. The molecule has 4 heteroatoms. The van der Waals surface area contributed by atoms with Crippen molar-refractivity contribution in [1.29, 1.82) is 0 Å². The van der Waals surface area contributed by atoms with Crippen LogP contribution in [0.2, 0.25) is 0 Å². The molecule has 0 radical (unpaired) electrons. The SMILES string of the molecule is CC(Br)C(Br)C(=O)[O-]. The van der Waals surface area contributed by atoms with E-state index in [1.165, 1.54) is 0 Å². The van der Waals surface area contributed by atoms with E-state index in [0.717, 1.165) is 0 Å². The average Bonchev–Trinajstić information content (AvgIpc) is 1.64. The van der Waals surface area contributed by atoms with Crippen LogP contribution in [0, 0.1) is 0 Å². The fourth-order valence-electron chi connectivity index (χ4n) is 0.188. The van der Waals surface area contributed by atoms with Gasteiger partial charge in [-0.05, 0) is 0 Å². The van der Waals surface area contributed by atoms with Gasteiger partial charge >= 0.3 is 0 Å². The minimum absolute atomic E-state index is 0.0903. The highest BCUT2D eigenvalue weighted by molar-refractivity contribution is 9.12. The van der Waals surface area contributed by atoms with Gasteiger partial charge in [0.2, 0.25) is 0 Å². The van der Waals surface area contributed by atoms with Crippen molar-refractivity contribution in [3.05, 3.63) is 0 Å². The lowest BCUT2D eigenvalue weighted by Gasteiger charge is -2.11. The summed E-state index contributed by atoms with van der Waals surface area (Å²) in [5.41, 5.74) is 0. The topological polar surface area (TPSA) is 40.1 Å². The third-order valence-corrected chi connectivity index (χ3v) is 3.03. The molecule has 2 unspecified atom stereocenters. The van der Waals surface area contributed by atoms with Crippen LogP contribution in [0.1, 0.15) is 6.92 Å². The van der Waals surface area contributed by atoms with Crippen LogP contribution in [-0.4, -0.2) is 15.6 Å². The van der Waals surface area contributed by atoms with E-state index in [9.17, 15) is 9.90 Å². The van der Waals surface area contributed by atoms with Gasteiger partial charge in [0.05, 0.1) is 10.8 Å². The maximum Gasteiger partial charge on any atom is 0.0663 e. The van der Waals surface area contributed by atoms with Gasteiger partial charge in [-0.15, -0.1) is 0 Å². The lowest BCUT2D eigenvalue weighted by molar-refractivity contribution is -0.304. The number of carbonyl (C=O) groups is 1. The minimum Gasteiger partial charge on any atom is -0.549 e. The van der Waals surface area contributed by atoms with Crippen LogP contribution in [0.5, 0.6) is 0 Å². The van der Waals surface area contributed by atoms with Gasteiger partial charge < -0.3 is 9.90 Å². The van der Waals surface area contributed by atoms with E-state index >= 15 is 0 Å². The van der Waals surface area contributed by atoms with Crippen molar-refractivity contribution in [1.82, 2.24) is 0 Å². The Hall–Kier alpha value is 0.430. The summed E-state index contributed by atoms with van der Waals surface area (Å²) in [4.78, 5) is 9.27. The Morgan fingerprint density at radius 2 is 2.00 bits per heavy atom. The molecule has 48 valence electrons. The highest BCUT2D eigenvalue weighted by Gasteiger charge is 2.09. The van der Waals surface area contributed by atoms with E-state index in [-0.39, 0.29) is 4.83 Å². The van der Waals surface area contributed by atoms with Crippen molar-refractivity contribution in [3.63, 3.8) is 0 Å². The molecule has 0 rings (SSSR count). The molecule has 0 N–H and O–H groups in total. The molecule has 0 aromatic heterocycles. The zero-order chi connectivity index (χ0) is 6.73. The molecule has 0 aliphatic heterocycles. The lowest BCUT2D eigenvalue weighted by Crippen LogP contribution is -2.35. The summed E-state index contributed by atoms with van der Waals surface area (Å²) in [5, 5.41) is 9.95. The zero-order valence-corrected chi connectivity index (χ0v) is 7.40. The van der Waals surface area contributed by atoms with Gasteiger partial charge in [-0.25, -0.2) is 0 Å². The molecule has 0 amide bonds. The van der Waals surface area contributed by atoms with Gasteiger partial charge in [0.1, 0.15) is 0 Å². The van der Waals surface area contributed by atoms with Crippen molar-refractivity contribution in [2.24, 2.45) is 0 Å². The first kappa shape index (κ1) is 8.43. The molecule has 0 heterocycles. The Morgan fingerprint density at radius 3 is 2.00 bits per heavy atom. The second-order valence-electron chi connectivity index (χ2n) is 1.40. The van der Waals surface area contributed by atoms with Crippen LogP contribution in [0.25, 0.3) is 0 Å². The van der Waals surface area contributed by atoms with Crippen molar-refractivity contribution < 1.29 is 9.90 Å². The van der Waals surface area contributed by atoms with Crippen LogP contribution in [-0.2, 0) is 4.79 Å². The van der Waals surface area contributed by atoms with Crippen molar-refractivity contribution in [3.8, 4) is 0 Å². The summed E-state index contributed by atoms with van der Waals surface area (Å²) >= 11 is 5.97. The summed E-state index contributed by atoms with van der Waals surface area (Å²) in [6, 6.07) is 0. The van der Waals surface area contributed by atoms with Gasteiger partial charge in [0.15, 0.2) is 0 Å². The van der Waals surface area contributed by atoms with E-state index in [1.807, 2.05) is 0 Å². The minimum atomic E-state index is -1.09. The molecular formula is C4H5Br2O2-. The molecule has 0 saturated heterocycles. The normalized spacial score (nSPS) is 17.4. The molecule has 8 heavy (non-hydrogen) atoms. The number of carbonyl (C=O) groups excluding carboxylic acids is 1. The summed E-state index contributed by atoms with van der Waals surface area (Å²) in [6.07, 6.45) is 0. The van der Waals surface area contributed by atoms with Gasteiger partial charge in [-0.2, -0.15) is 0 Å². The Labute approximate surface area is 64.5 Å². The Bertz CT molecular complexity index is 92.0. The number of aliphatic carboxylic acids is 1. The Balaban J connectivity index is 3.64. The second kappa shape index (κ2) is 3.45. The molecule has 0 aromatic rings. The second-order valence-corrected chi connectivity index (χ2v) is 3.83. The van der Waals surface area contributed by atoms with Crippen LogP contribution in [0.4, 0.5) is 0 Å². The molecule has 2 atom stereocenters. The highest BCUT2D eigenvalue weighted by Crippen LogP contribution is 2.11. The van der Waals surface area contributed by atoms with Gasteiger partial charge in [-0.1, -0.05) is 38.8 Å². The van der Waals surface area contributed by atoms with E-state index in [4.69, 9.17) is 0 Å². The van der Waals surface area contributed by atoms with Crippen molar-refractivity contribution in [2.45, 2.75) is 16.6 Å². The maximum absolute atomic E-state index is 9.95. The van der Waals surface area contributed by atoms with Gasteiger partial charge in [-0.3, -0.25) is 0 Å². The zero-order valence-electron chi connectivity index (χ0n) is 4.23. The molecule has 0 aliphatic carbocycles. The average molecular weight is 245 g/mol. The molecule has 0 bridgehead atoms. The van der Waals surface area contributed by atoms with Crippen LogP contribution in [0.3, 0.4) is 0 Å². The monoisotopic (exact) mass is 243 g/mol. The number of carboxylic acids is 1. The molecular weight excluding hydrogens is 240 g/mol. The molecule has 0 aliphatic rings. The summed E-state index contributed by atoms with van der Waals surface area (Å²) in [5.74, 6) is -1.09. The largest absolute Gasteiger partial charge is 0.549 e. The molecule has 0 fully saturated rings. The van der Waals surface area contributed by atoms with Crippen LogP contribution in [0.15, 0.2) is 0 Å². The van der Waals surface area contributed by atoms with E-state index < -0.39 is 10.8 Å². The molecule has 2 nitrogen and oxygen atoms in total. The highest BCUT2D eigenvalue weighted by atomic mass is 79.9. The van der Waals surface area contributed by atoms with Crippen LogP contribution < -0.4 is 5.11 Å². The standard InChI is InChI=1S/C4H6Br2O2/c1-2(5)3(6)4(7)8/h2-3H,1H3,(H,7,8)/p-1. The van der Waals surface area contributed by atoms with E-state index in [1.54, 1.807) is 6.92 Å². The summed E-state index contributed by atoms with van der Waals surface area (Å²) in [6.45, 7) is 1.73. The Morgan fingerprint density at radius 1 is 1.62 bits per heavy atom. The first-order valence-corrected chi connectivity index (χ1v) is 3.88. The first-order chi connectivity index (χ1) is 3.55. The molecule has 0 spiro atoms. The number of hydrogen-bond donors (Lipinski definition) is 0. The fourth-order valence-corrected chi connectivity index (χ4v) is 0.403. The summed E-state index contributed by atoms with van der Waals surface area (Å²) in [7, 11) is 0. The fraction of sp³-hybridized carbons (Fsp3) is 0.750. The third kappa shape index (κ3) is 2.67. The van der Waals surface area contributed by atoms with Gasteiger partial charge in [0.25, 0.3) is 0 Å². The van der Waals surface area contributed by atoms with Crippen LogP contribution >= 0.6 is 31.9 Å². The smallest absolute Gasteiger partial charge is 0.0663 e. The predicted octanol–water partition coefficient (Wildman–Crippen LogP) is 0.283. The number of halogens is 2. The number of hydrogen-bond acceptors (Lipinski definition) is 2. The quantitative estimate of drug-likeness (QED) is 0.655. The van der Waals surface area contributed by atoms with Gasteiger partial charge in [0, 0.05) is 4.83 Å². The Kier molecular flexibility index (Phi) is 3.64. The number of rotatable bonds is 2. The van der Waals surface area contributed by atoms with Crippen molar-refractivity contribution >= 4 is 37.8 Å². The third-order valence-electron chi connectivity index (χ3n) is 0.628. The number of alkyl halides is 2. The molecule has 0 aromatic carbocycles. The molecule has 0 saturated carbocycles. The lowest BCUT2D eigenvalue weighted by atomic mass is 10.3. The van der Waals surface area contributed by atoms with E-state index in [2.05, 4.69) is 31.9 Å². The van der Waals surface area contributed by atoms with E-state index in [0.29, 0.717) is 0 Å². The maximum atomic E-state index is 9.95.